The van der Waals surface area contributed by atoms with Gasteiger partial charge in [0.25, 0.3) is 0 Å². The molecule has 1 heterocycles. The van der Waals surface area contributed by atoms with E-state index in [1.165, 1.54) is 13.3 Å². The maximum Gasteiger partial charge on any atom is 0.221 e. The second-order valence-electron chi connectivity index (χ2n) is 4.72. The summed E-state index contributed by atoms with van der Waals surface area (Å²) in [4.78, 5) is 11.4. The third-order valence-electron chi connectivity index (χ3n) is 3.33. The molecule has 1 aromatic rings. The number of carbonyl (C=O) groups is 1. The van der Waals surface area contributed by atoms with E-state index in [-0.39, 0.29) is 11.9 Å². The van der Waals surface area contributed by atoms with Crippen LogP contribution in [0.5, 0.6) is 5.75 Å². The van der Waals surface area contributed by atoms with Crippen molar-refractivity contribution in [2.45, 2.75) is 32.2 Å². The second kappa shape index (κ2) is 6.26. The standard InChI is InChI=1S/C14H19ClN2O2/c1-9(18)17-14-12(19-2)7-6-10(15)13(14)11-5-3-4-8-16-11/h6-7,11,16H,3-5,8H2,1-2H3,(H,17,18). The van der Waals surface area contributed by atoms with E-state index in [2.05, 4.69) is 10.6 Å². The summed E-state index contributed by atoms with van der Waals surface area (Å²) in [6.45, 7) is 2.45. The fraction of sp³-hybridized carbons (Fsp3) is 0.500. The van der Waals surface area contributed by atoms with E-state index < -0.39 is 0 Å². The molecule has 5 heteroatoms. The zero-order valence-electron chi connectivity index (χ0n) is 11.3. The number of ether oxygens (including phenoxy) is 1. The van der Waals surface area contributed by atoms with Crippen LogP contribution in [0.15, 0.2) is 12.1 Å². The van der Waals surface area contributed by atoms with E-state index >= 15 is 0 Å². The van der Waals surface area contributed by atoms with Crippen molar-refractivity contribution in [2.24, 2.45) is 0 Å². The molecule has 1 aliphatic heterocycles. The number of benzene rings is 1. The number of hydrogen-bond acceptors (Lipinski definition) is 3. The Hall–Kier alpha value is -1.26. The van der Waals surface area contributed by atoms with Crippen LogP contribution in [-0.2, 0) is 4.79 Å². The van der Waals surface area contributed by atoms with Crippen molar-refractivity contribution in [3.05, 3.63) is 22.7 Å². The monoisotopic (exact) mass is 282 g/mol. The highest BCUT2D eigenvalue weighted by Crippen LogP contribution is 2.40. The van der Waals surface area contributed by atoms with E-state index in [1.54, 1.807) is 13.2 Å². The van der Waals surface area contributed by atoms with Crippen LogP contribution in [0, 0.1) is 0 Å². The summed E-state index contributed by atoms with van der Waals surface area (Å²) in [6, 6.07) is 3.76. The van der Waals surface area contributed by atoms with Crippen LogP contribution in [0.4, 0.5) is 5.69 Å². The van der Waals surface area contributed by atoms with Crippen LogP contribution in [-0.4, -0.2) is 19.6 Å². The number of methoxy groups -OCH3 is 1. The van der Waals surface area contributed by atoms with E-state index in [1.807, 2.05) is 6.07 Å². The first-order chi connectivity index (χ1) is 9.13. The SMILES string of the molecule is COc1ccc(Cl)c(C2CCCCN2)c1NC(C)=O. The van der Waals surface area contributed by atoms with Crippen molar-refractivity contribution >= 4 is 23.2 Å². The number of hydrogen-bond donors (Lipinski definition) is 2. The molecule has 0 saturated carbocycles. The largest absolute Gasteiger partial charge is 0.495 e. The van der Waals surface area contributed by atoms with E-state index in [4.69, 9.17) is 16.3 Å². The molecule has 104 valence electrons. The Bertz CT molecular complexity index is 471. The molecule has 0 aliphatic carbocycles. The molecule has 2 N–H and O–H groups in total. The maximum atomic E-state index is 11.4. The summed E-state index contributed by atoms with van der Waals surface area (Å²) < 4.78 is 5.33. The molecular weight excluding hydrogens is 264 g/mol. The van der Waals surface area contributed by atoms with Crippen LogP contribution in [0.25, 0.3) is 0 Å². The number of piperidine rings is 1. The second-order valence-corrected chi connectivity index (χ2v) is 5.13. The van der Waals surface area contributed by atoms with Gasteiger partial charge in [0.15, 0.2) is 0 Å². The fourth-order valence-corrected chi connectivity index (χ4v) is 2.78. The average molecular weight is 283 g/mol. The fourth-order valence-electron chi connectivity index (χ4n) is 2.49. The average Bonchev–Trinajstić information content (AvgIpc) is 2.39. The molecule has 0 aromatic heterocycles. The van der Waals surface area contributed by atoms with Crippen LogP contribution >= 0.6 is 11.6 Å². The van der Waals surface area contributed by atoms with Gasteiger partial charge >= 0.3 is 0 Å². The zero-order chi connectivity index (χ0) is 13.8. The Kier molecular flexibility index (Phi) is 4.66. The van der Waals surface area contributed by atoms with Gasteiger partial charge in [0.2, 0.25) is 5.91 Å². The lowest BCUT2D eigenvalue weighted by Gasteiger charge is -2.27. The van der Waals surface area contributed by atoms with Crippen molar-refractivity contribution in [2.75, 3.05) is 19.0 Å². The zero-order valence-corrected chi connectivity index (χ0v) is 12.0. The van der Waals surface area contributed by atoms with E-state index in [9.17, 15) is 4.79 Å². The number of carbonyl (C=O) groups excluding carboxylic acids is 1. The number of halogens is 1. The van der Waals surface area contributed by atoms with Crippen molar-refractivity contribution in [1.82, 2.24) is 5.32 Å². The molecule has 0 radical (unpaired) electrons. The topological polar surface area (TPSA) is 50.4 Å². The lowest BCUT2D eigenvalue weighted by Crippen LogP contribution is -2.28. The third kappa shape index (κ3) is 3.19. The predicted molar refractivity (Wildman–Crippen MR) is 76.9 cm³/mol. The molecule has 1 fully saturated rings. The summed E-state index contributed by atoms with van der Waals surface area (Å²) in [5.74, 6) is 0.514. The molecule has 4 nitrogen and oxygen atoms in total. The Labute approximate surface area is 118 Å². The van der Waals surface area contributed by atoms with Crippen molar-refractivity contribution < 1.29 is 9.53 Å². The van der Waals surface area contributed by atoms with Gasteiger partial charge in [-0.05, 0) is 31.5 Å². The lowest BCUT2D eigenvalue weighted by molar-refractivity contribution is -0.114. The molecule has 0 spiro atoms. The van der Waals surface area contributed by atoms with Crippen LogP contribution in [0.2, 0.25) is 5.02 Å². The van der Waals surface area contributed by atoms with Gasteiger partial charge in [-0.15, -0.1) is 0 Å². The first-order valence-electron chi connectivity index (χ1n) is 6.51. The maximum absolute atomic E-state index is 11.4. The molecular formula is C14H19ClN2O2. The first kappa shape index (κ1) is 14.2. The van der Waals surface area contributed by atoms with E-state index in [0.717, 1.165) is 24.9 Å². The Morgan fingerprint density at radius 1 is 1.47 bits per heavy atom. The lowest BCUT2D eigenvalue weighted by atomic mass is 9.95. The molecule has 1 aliphatic rings. The molecule has 1 aromatic carbocycles. The van der Waals surface area contributed by atoms with Crippen molar-refractivity contribution in [3.8, 4) is 5.75 Å². The molecule has 1 saturated heterocycles. The van der Waals surface area contributed by atoms with Gasteiger partial charge in [0, 0.05) is 23.6 Å². The smallest absolute Gasteiger partial charge is 0.221 e. The summed E-state index contributed by atoms with van der Waals surface area (Å²) in [7, 11) is 1.59. The highest BCUT2D eigenvalue weighted by atomic mass is 35.5. The highest BCUT2D eigenvalue weighted by Gasteiger charge is 2.23. The van der Waals surface area contributed by atoms with Gasteiger partial charge < -0.3 is 15.4 Å². The molecule has 1 unspecified atom stereocenters. The molecule has 1 amide bonds. The summed E-state index contributed by atoms with van der Waals surface area (Å²) >= 11 is 6.33. The Morgan fingerprint density at radius 3 is 2.84 bits per heavy atom. The van der Waals surface area contributed by atoms with Gasteiger partial charge in [0.1, 0.15) is 5.75 Å². The number of rotatable bonds is 3. The van der Waals surface area contributed by atoms with Crippen LogP contribution in [0.1, 0.15) is 37.8 Å². The van der Waals surface area contributed by atoms with Crippen molar-refractivity contribution in [3.63, 3.8) is 0 Å². The molecule has 19 heavy (non-hydrogen) atoms. The number of anilines is 1. The minimum atomic E-state index is -0.127. The number of nitrogens with one attached hydrogen (secondary N) is 2. The molecule has 1 atom stereocenters. The third-order valence-corrected chi connectivity index (χ3v) is 3.66. The van der Waals surface area contributed by atoms with Gasteiger partial charge in [-0.1, -0.05) is 18.0 Å². The highest BCUT2D eigenvalue weighted by molar-refractivity contribution is 6.32. The van der Waals surface area contributed by atoms with Gasteiger partial charge in [-0.2, -0.15) is 0 Å². The van der Waals surface area contributed by atoms with E-state index in [0.29, 0.717) is 16.5 Å². The van der Waals surface area contributed by atoms with Crippen LogP contribution in [0.3, 0.4) is 0 Å². The Balaban J connectivity index is 2.45. The minimum absolute atomic E-state index is 0.127. The predicted octanol–water partition coefficient (Wildman–Crippen LogP) is 3.12. The number of amides is 1. The quantitative estimate of drug-likeness (QED) is 0.895. The molecule has 0 bridgehead atoms. The van der Waals surface area contributed by atoms with Gasteiger partial charge in [-0.25, -0.2) is 0 Å². The normalized spacial score (nSPS) is 19.0. The summed E-state index contributed by atoms with van der Waals surface area (Å²) in [6.07, 6.45) is 3.34. The van der Waals surface area contributed by atoms with Gasteiger partial charge in [0.05, 0.1) is 12.8 Å². The minimum Gasteiger partial charge on any atom is -0.495 e. The van der Waals surface area contributed by atoms with Crippen molar-refractivity contribution in [1.29, 1.82) is 0 Å². The van der Waals surface area contributed by atoms with Crippen LogP contribution < -0.4 is 15.4 Å². The molecule has 2 rings (SSSR count). The summed E-state index contributed by atoms with van der Waals surface area (Å²) in [5, 5.41) is 6.95. The first-order valence-corrected chi connectivity index (χ1v) is 6.88. The Morgan fingerprint density at radius 2 is 2.26 bits per heavy atom. The van der Waals surface area contributed by atoms with Gasteiger partial charge in [-0.3, -0.25) is 4.79 Å². The summed E-state index contributed by atoms with van der Waals surface area (Å²) in [5.41, 5.74) is 1.61.